The number of ether oxygens (including phenoxy) is 1. The van der Waals surface area contributed by atoms with Crippen molar-refractivity contribution in [3.05, 3.63) is 48.2 Å². The zero-order valence-electron chi connectivity index (χ0n) is 14.9. The quantitative estimate of drug-likeness (QED) is 0.658. The Bertz CT molecular complexity index is 869. The summed E-state index contributed by atoms with van der Waals surface area (Å²) in [5.74, 6) is 0.825. The van der Waals surface area contributed by atoms with Gasteiger partial charge >= 0.3 is 0 Å². The first-order valence-electron chi connectivity index (χ1n) is 8.99. The maximum atomic E-state index is 10.5. The van der Waals surface area contributed by atoms with Gasteiger partial charge in [-0.15, -0.1) is 0 Å². The minimum atomic E-state index is -0.486. The van der Waals surface area contributed by atoms with Gasteiger partial charge < -0.3 is 20.1 Å². The van der Waals surface area contributed by atoms with Crippen LogP contribution in [-0.2, 0) is 4.74 Å². The van der Waals surface area contributed by atoms with Crippen LogP contribution >= 0.6 is 0 Å². The summed E-state index contributed by atoms with van der Waals surface area (Å²) >= 11 is 0. The molecular weight excluding hydrogens is 328 g/mol. The van der Waals surface area contributed by atoms with E-state index in [1.54, 1.807) is 0 Å². The maximum absolute atomic E-state index is 10.5. The van der Waals surface area contributed by atoms with E-state index in [0.29, 0.717) is 6.54 Å². The number of aromatic nitrogens is 2. The van der Waals surface area contributed by atoms with Crippen molar-refractivity contribution < 1.29 is 9.84 Å². The van der Waals surface area contributed by atoms with Crippen molar-refractivity contribution in [2.75, 3.05) is 45.2 Å². The van der Waals surface area contributed by atoms with Crippen LogP contribution in [0.25, 0.3) is 22.2 Å². The largest absolute Gasteiger partial charge is 0.387 e. The number of rotatable bonds is 5. The molecule has 3 aromatic rings. The van der Waals surface area contributed by atoms with Crippen LogP contribution in [0.4, 0.5) is 5.82 Å². The molecule has 1 aliphatic heterocycles. The molecule has 3 N–H and O–H groups in total. The number of hydrogen-bond donors (Lipinski definition) is 3. The van der Waals surface area contributed by atoms with E-state index >= 15 is 0 Å². The lowest BCUT2D eigenvalue weighted by Crippen LogP contribution is -2.38. The number of β-amino-alcohol motifs (C(OH)–C–C–N with tert-alkyl or cyclic N) is 1. The number of aliphatic hydroxyl groups excluding tert-OH is 1. The Morgan fingerprint density at radius 2 is 2.00 bits per heavy atom. The highest BCUT2D eigenvalue weighted by Crippen LogP contribution is 2.30. The number of aromatic amines is 1. The number of nitrogens with zero attached hydrogens (tertiary/aromatic N) is 2. The lowest BCUT2D eigenvalue weighted by Gasteiger charge is -2.28. The van der Waals surface area contributed by atoms with Gasteiger partial charge in [-0.2, -0.15) is 0 Å². The molecule has 1 aromatic carbocycles. The zero-order chi connectivity index (χ0) is 17.9. The number of anilines is 1. The molecule has 2 aromatic heterocycles. The van der Waals surface area contributed by atoms with Gasteiger partial charge in [0, 0.05) is 38.3 Å². The first-order valence-corrected chi connectivity index (χ1v) is 8.99. The first kappa shape index (κ1) is 17.0. The standard InChI is InChI=1S/C20H24N4O2/c1-21-19-12-17(16-6-7-22-20(16)23-19)14-2-4-15(5-3-14)18(25)13-24-8-10-26-11-9-24/h2-7,12,18,25H,8-11,13H2,1H3,(H2,21,22,23)/t18-/m0/s1. The number of benzene rings is 1. The summed E-state index contributed by atoms with van der Waals surface area (Å²) in [4.78, 5) is 9.94. The maximum Gasteiger partial charge on any atom is 0.140 e. The third-order valence-electron chi connectivity index (χ3n) is 4.93. The molecule has 1 atom stereocenters. The average molecular weight is 352 g/mol. The fourth-order valence-corrected chi connectivity index (χ4v) is 3.42. The molecule has 0 spiro atoms. The molecule has 6 nitrogen and oxygen atoms in total. The molecule has 136 valence electrons. The molecular formula is C20H24N4O2. The second-order valence-corrected chi connectivity index (χ2v) is 6.60. The van der Waals surface area contributed by atoms with Gasteiger partial charge in [0.05, 0.1) is 19.3 Å². The van der Waals surface area contributed by atoms with E-state index in [1.165, 1.54) is 0 Å². The van der Waals surface area contributed by atoms with Crippen molar-refractivity contribution in [1.82, 2.24) is 14.9 Å². The van der Waals surface area contributed by atoms with Gasteiger partial charge in [0.2, 0.25) is 0 Å². The predicted molar refractivity (Wildman–Crippen MR) is 103 cm³/mol. The molecule has 1 saturated heterocycles. The number of H-pyrrole nitrogens is 1. The Hall–Kier alpha value is -2.41. The van der Waals surface area contributed by atoms with E-state index < -0.39 is 6.10 Å². The third kappa shape index (κ3) is 3.44. The van der Waals surface area contributed by atoms with Crippen LogP contribution < -0.4 is 5.32 Å². The highest BCUT2D eigenvalue weighted by molar-refractivity contribution is 5.94. The number of morpholine rings is 1. The molecule has 0 radical (unpaired) electrons. The van der Waals surface area contributed by atoms with E-state index in [-0.39, 0.29) is 0 Å². The van der Waals surface area contributed by atoms with Gasteiger partial charge in [-0.1, -0.05) is 24.3 Å². The summed E-state index contributed by atoms with van der Waals surface area (Å²) in [6.07, 6.45) is 1.42. The molecule has 3 heterocycles. The monoisotopic (exact) mass is 352 g/mol. The van der Waals surface area contributed by atoms with Gasteiger partial charge in [0.25, 0.3) is 0 Å². The normalized spacial score (nSPS) is 16.7. The second-order valence-electron chi connectivity index (χ2n) is 6.60. The summed E-state index contributed by atoms with van der Waals surface area (Å²) in [6, 6.07) is 12.3. The summed E-state index contributed by atoms with van der Waals surface area (Å²) < 4.78 is 5.36. The molecule has 0 aliphatic carbocycles. The first-order chi connectivity index (χ1) is 12.7. The number of nitrogens with one attached hydrogen (secondary N) is 2. The van der Waals surface area contributed by atoms with Gasteiger partial charge in [-0.25, -0.2) is 4.98 Å². The Morgan fingerprint density at radius 3 is 2.73 bits per heavy atom. The second kappa shape index (κ2) is 7.45. The van der Waals surface area contributed by atoms with Crippen LogP contribution in [0.5, 0.6) is 0 Å². The number of fused-ring (bicyclic) bond motifs is 1. The topological polar surface area (TPSA) is 73.4 Å². The van der Waals surface area contributed by atoms with Crippen LogP contribution in [0.3, 0.4) is 0 Å². The van der Waals surface area contributed by atoms with E-state index in [1.807, 2.05) is 31.4 Å². The Balaban J connectivity index is 1.57. The summed E-state index contributed by atoms with van der Waals surface area (Å²) in [5.41, 5.74) is 4.03. The SMILES string of the molecule is CNc1cc(-c2ccc([C@@H](O)CN3CCOCC3)cc2)c2cc[nH]c2n1. The molecule has 1 aliphatic rings. The number of pyridine rings is 1. The van der Waals surface area contributed by atoms with Crippen LogP contribution in [0, 0.1) is 0 Å². The van der Waals surface area contributed by atoms with Crippen molar-refractivity contribution in [3.8, 4) is 11.1 Å². The Morgan fingerprint density at radius 1 is 1.23 bits per heavy atom. The molecule has 0 bridgehead atoms. The van der Waals surface area contributed by atoms with Gasteiger partial charge in [-0.05, 0) is 28.8 Å². The predicted octanol–water partition coefficient (Wildman–Crippen LogP) is 2.64. The van der Waals surface area contributed by atoms with Gasteiger partial charge in [0.15, 0.2) is 0 Å². The van der Waals surface area contributed by atoms with E-state index in [0.717, 1.165) is 59.8 Å². The molecule has 4 rings (SSSR count). The van der Waals surface area contributed by atoms with Gasteiger partial charge in [-0.3, -0.25) is 4.90 Å². The third-order valence-corrected chi connectivity index (χ3v) is 4.93. The van der Waals surface area contributed by atoms with Crippen molar-refractivity contribution >= 4 is 16.9 Å². The summed E-state index contributed by atoms with van der Waals surface area (Å²) in [6.45, 7) is 3.89. The van der Waals surface area contributed by atoms with Crippen molar-refractivity contribution in [2.24, 2.45) is 0 Å². The van der Waals surface area contributed by atoms with Crippen LogP contribution in [0.2, 0.25) is 0 Å². The average Bonchev–Trinajstić information content (AvgIpc) is 3.16. The van der Waals surface area contributed by atoms with E-state index in [9.17, 15) is 5.11 Å². The van der Waals surface area contributed by atoms with Crippen LogP contribution in [0.15, 0.2) is 42.6 Å². The Labute approximate surface area is 152 Å². The van der Waals surface area contributed by atoms with Crippen molar-refractivity contribution in [1.29, 1.82) is 0 Å². The molecule has 26 heavy (non-hydrogen) atoms. The van der Waals surface area contributed by atoms with E-state index in [4.69, 9.17) is 4.74 Å². The minimum absolute atomic E-state index is 0.486. The van der Waals surface area contributed by atoms with Crippen LogP contribution in [0.1, 0.15) is 11.7 Å². The zero-order valence-corrected chi connectivity index (χ0v) is 14.9. The van der Waals surface area contributed by atoms with Gasteiger partial charge in [0.1, 0.15) is 11.5 Å². The fraction of sp³-hybridized carbons (Fsp3) is 0.350. The Kier molecular flexibility index (Phi) is 4.88. The fourth-order valence-electron chi connectivity index (χ4n) is 3.42. The van der Waals surface area contributed by atoms with Crippen molar-refractivity contribution in [3.63, 3.8) is 0 Å². The molecule has 0 unspecified atom stereocenters. The smallest absolute Gasteiger partial charge is 0.140 e. The molecule has 0 amide bonds. The number of hydrogen-bond acceptors (Lipinski definition) is 5. The lowest BCUT2D eigenvalue weighted by atomic mass is 10.00. The molecule has 6 heteroatoms. The lowest BCUT2D eigenvalue weighted by molar-refractivity contribution is 0.0143. The van der Waals surface area contributed by atoms with E-state index in [2.05, 4.69) is 38.4 Å². The molecule has 1 fully saturated rings. The highest BCUT2D eigenvalue weighted by atomic mass is 16.5. The number of aliphatic hydroxyl groups is 1. The summed E-state index contributed by atoms with van der Waals surface area (Å²) in [5, 5.41) is 14.7. The minimum Gasteiger partial charge on any atom is -0.387 e. The van der Waals surface area contributed by atoms with Crippen LogP contribution in [-0.4, -0.2) is 59.9 Å². The highest BCUT2D eigenvalue weighted by Gasteiger charge is 2.16. The summed E-state index contributed by atoms with van der Waals surface area (Å²) in [7, 11) is 1.87. The van der Waals surface area contributed by atoms with Crippen molar-refractivity contribution in [2.45, 2.75) is 6.10 Å². The molecule has 0 saturated carbocycles.